The fourth-order valence-electron chi connectivity index (χ4n) is 5.85. The molecule has 3 aliphatic rings. The zero-order chi connectivity index (χ0) is 26.4. The van der Waals surface area contributed by atoms with Gasteiger partial charge < -0.3 is 14.5 Å². The van der Waals surface area contributed by atoms with Crippen LogP contribution in [0.15, 0.2) is 30.6 Å². The minimum Gasteiger partial charge on any atom is -0.372 e. The molecule has 3 aliphatic heterocycles. The Kier molecular flexibility index (Phi) is 6.68. The zero-order valence-electron chi connectivity index (χ0n) is 21.0. The van der Waals surface area contributed by atoms with E-state index in [2.05, 4.69) is 20.6 Å². The molecule has 0 bridgehead atoms. The van der Waals surface area contributed by atoms with Crippen LogP contribution in [0.4, 0.5) is 29.3 Å². The van der Waals surface area contributed by atoms with E-state index in [-0.39, 0.29) is 18.0 Å². The van der Waals surface area contributed by atoms with Crippen molar-refractivity contribution in [2.75, 3.05) is 55.1 Å². The van der Waals surface area contributed by atoms with Gasteiger partial charge in [-0.15, -0.1) is 0 Å². The number of nitrogens with one attached hydrogen (secondary N) is 1. The Morgan fingerprint density at radius 2 is 1.89 bits per heavy atom. The molecule has 1 amide bonds. The molecule has 5 rings (SSSR count). The van der Waals surface area contributed by atoms with Gasteiger partial charge >= 0.3 is 12.2 Å². The Hall–Kier alpha value is -2.73. The summed E-state index contributed by atoms with van der Waals surface area (Å²) in [6.45, 7) is 4.26. The largest absolute Gasteiger partial charge is 0.416 e. The smallest absolute Gasteiger partial charge is 0.372 e. The molecule has 0 aliphatic carbocycles. The molecule has 1 spiro atoms. The molecule has 1 N–H and O–H groups in total. The summed E-state index contributed by atoms with van der Waals surface area (Å²) >= 11 is 0. The number of hydrogen-bond acceptors (Lipinski definition) is 5. The first-order chi connectivity index (χ1) is 17.4. The van der Waals surface area contributed by atoms with Crippen LogP contribution >= 0.6 is 0 Å². The third-order valence-electron chi connectivity index (χ3n) is 7.60. The summed E-state index contributed by atoms with van der Waals surface area (Å²) in [6.07, 6.45) is 3.62. The summed E-state index contributed by atoms with van der Waals surface area (Å²) in [7, 11) is -2.48. The van der Waals surface area contributed by atoms with Crippen LogP contribution in [-0.4, -0.2) is 81.2 Å². The Morgan fingerprint density at radius 1 is 1.16 bits per heavy atom. The van der Waals surface area contributed by atoms with Crippen LogP contribution in [0.2, 0.25) is 0 Å². The molecule has 12 heteroatoms. The van der Waals surface area contributed by atoms with E-state index in [0.717, 1.165) is 38.8 Å². The Labute approximate surface area is 215 Å². The lowest BCUT2D eigenvalue weighted by atomic mass is 9.86. The van der Waals surface area contributed by atoms with Crippen LogP contribution in [0.3, 0.4) is 0 Å². The van der Waals surface area contributed by atoms with Gasteiger partial charge in [0.1, 0.15) is 0 Å². The van der Waals surface area contributed by atoms with Gasteiger partial charge in [0.25, 0.3) is 0 Å². The summed E-state index contributed by atoms with van der Waals surface area (Å²) in [6, 6.07) is 4.49. The van der Waals surface area contributed by atoms with Crippen molar-refractivity contribution in [1.82, 2.24) is 19.6 Å². The Balaban J connectivity index is 1.24. The van der Waals surface area contributed by atoms with E-state index in [9.17, 15) is 22.2 Å². The highest BCUT2D eigenvalue weighted by molar-refractivity contribution is 8.00. The molecule has 3 saturated heterocycles. The average Bonchev–Trinajstić information content (AvgIpc) is 3.61. The quantitative estimate of drug-likeness (QED) is 0.588. The van der Waals surface area contributed by atoms with Crippen molar-refractivity contribution in [2.45, 2.75) is 38.4 Å². The van der Waals surface area contributed by atoms with Gasteiger partial charge in [-0.1, -0.05) is 6.07 Å². The van der Waals surface area contributed by atoms with E-state index in [4.69, 9.17) is 0 Å². The van der Waals surface area contributed by atoms with Crippen molar-refractivity contribution < 1.29 is 22.2 Å². The average molecular weight is 539 g/mol. The van der Waals surface area contributed by atoms with Crippen molar-refractivity contribution in [3.8, 4) is 0 Å². The molecule has 37 heavy (non-hydrogen) atoms. The second-order valence-corrected chi connectivity index (χ2v) is 12.9. The number of halogens is 3. The maximum atomic E-state index is 14.0. The SMILES string of the molecule is C=S(C)(=O)Nc1cnn(C(=O)N2CCC3(CCN(Cc4ccc(N5CCCC5)cc4C(F)(F)F)C3)C2)c1. The van der Waals surface area contributed by atoms with Gasteiger partial charge in [0, 0.05) is 66.3 Å². The van der Waals surface area contributed by atoms with Crippen LogP contribution in [-0.2, 0) is 22.4 Å². The number of amides is 1. The molecule has 0 saturated carbocycles. The first-order valence-corrected chi connectivity index (χ1v) is 14.7. The predicted octanol–water partition coefficient (Wildman–Crippen LogP) is 3.74. The monoisotopic (exact) mass is 538 g/mol. The molecule has 202 valence electrons. The third kappa shape index (κ3) is 5.74. The summed E-state index contributed by atoms with van der Waals surface area (Å²) < 4.78 is 57.7. The van der Waals surface area contributed by atoms with Crippen LogP contribution in [0.25, 0.3) is 0 Å². The first kappa shape index (κ1) is 25.9. The number of aromatic nitrogens is 2. The maximum Gasteiger partial charge on any atom is 0.416 e. The van der Waals surface area contributed by atoms with E-state index >= 15 is 0 Å². The predicted molar refractivity (Wildman–Crippen MR) is 139 cm³/mol. The number of carbonyl (C=O) groups is 1. The lowest BCUT2D eigenvalue weighted by Gasteiger charge is -2.26. The fraction of sp³-hybridized carbons (Fsp3) is 0.560. The fourth-order valence-corrected chi connectivity index (χ4v) is 6.45. The van der Waals surface area contributed by atoms with Crippen LogP contribution in [0.1, 0.15) is 36.8 Å². The molecule has 3 fully saturated rings. The number of carbonyl (C=O) groups excluding carboxylic acids is 1. The van der Waals surface area contributed by atoms with E-state index in [1.54, 1.807) is 11.0 Å². The Bertz CT molecular complexity index is 1270. The lowest BCUT2D eigenvalue weighted by molar-refractivity contribution is -0.138. The zero-order valence-corrected chi connectivity index (χ0v) is 21.8. The topological polar surface area (TPSA) is 73.7 Å². The summed E-state index contributed by atoms with van der Waals surface area (Å²) in [5.41, 5.74) is 0.705. The summed E-state index contributed by atoms with van der Waals surface area (Å²) in [5.74, 6) is 3.54. The highest BCUT2D eigenvalue weighted by Crippen LogP contribution is 2.42. The maximum absolute atomic E-state index is 14.0. The van der Waals surface area contributed by atoms with E-state index in [1.807, 2.05) is 11.0 Å². The van der Waals surface area contributed by atoms with E-state index in [1.165, 1.54) is 29.4 Å². The number of anilines is 2. The van der Waals surface area contributed by atoms with Gasteiger partial charge in [0.05, 0.1) is 23.6 Å². The van der Waals surface area contributed by atoms with Crippen LogP contribution in [0, 0.1) is 5.41 Å². The molecular weight excluding hydrogens is 505 g/mol. The number of hydrogen-bond donors (Lipinski definition) is 1. The number of nitrogens with zero attached hydrogens (tertiary/aromatic N) is 5. The normalized spacial score (nSPS) is 24.2. The van der Waals surface area contributed by atoms with Gasteiger partial charge in [0.15, 0.2) is 0 Å². The second kappa shape index (κ2) is 9.54. The van der Waals surface area contributed by atoms with Gasteiger partial charge in [-0.2, -0.15) is 23.0 Å². The van der Waals surface area contributed by atoms with Crippen molar-refractivity contribution in [3.05, 3.63) is 41.7 Å². The van der Waals surface area contributed by atoms with E-state index < -0.39 is 21.4 Å². The van der Waals surface area contributed by atoms with Gasteiger partial charge in [-0.3, -0.25) is 4.90 Å². The summed E-state index contributed by atoms with van der Waals surface area (Å²) in [4.78, 5) is 18.8. The van der Waals surface area contributed by atoms with Crippen molar-refractivity contribution in [2.24, 2.45) is 5.41 Å². The minimum atomic E-state index is -4.41. The van der Waals surface area contributed by atoms with Crippen molar-refractivity contribution >= 4 is 33.0 Å². The summed E-state index contributed by atoms with van der Waals surface area (Å²) in [5, 5.41) is 4.09. The molecule has 0 radical (unpaired) electrons. The first-order valence-electron chi connectivity index (χ1n) is 12.5. The molecule has 1 aromatic heterocycles. The standard InChI is InChI=1S/C25H33F3N6O2S/c1-37(2,36)30-20-14-29-34(16-20)23(35)33-12-8-24(18-33)7-11-31(17-24)15-19-5-6-21(32-9-3-4-10-32)13-22(19)25(26,27)28/h5-6,13-14,16H,1,3-4,7-12,15,17-18H2,2H3,(H,30,36). The van der Waals surface area contributed by atoms with Crippen LogP contribution in [0.5, 0.6) is 0 Å². The second-order valence-electron chi connectivity index (χ2n) is 10.7. The Morgan fingerprint density at radius 3 is 2.59 bits per heavy atom. The number of alkyl halides is 3. The lowest BCUT2D eigenvalue weighted by Crippen LogP contribution is -2.36. The number of likely N-dealkylation sites (tertiary alicyclic amines) is 2. The van der Waals surface area contributed by atoms with Crippen molar-refractivity contribution in [3.63, 3.8) is 0 Å². The highest BCUT2D eigenvalue weighted by atomic mass is 32.2. The molecular formula is C25H33F3N6O2S. The van der Waals surface area contributed by atoms with E-state index in [0.29, 0.717) is 43.1 Å². The third-order valence-corrected chi connectivity index (χ3v) is 8.27. The van der Waals surface area contributed by atoms with Crippen LogP contribution < -0.4 is 9.62 Å². The molecule has 2 unspecified atom stereocenters. The number of benzene rings is 1. The van der Waals surface area contributed by atoms with Gasteiger partial charge in [-0.25, -0.2) is 9.00 Å². The minimum absolute atomic E-state index is 0.136. The molecule has 4 heterocycles. The number of rotatable bonds is 5. The van der Waals surface area contributed by atoms with Gasteiger partial charge in [0.2, 0.25) is 0 Å². The molecule has 2 atom stereocenters. The van der Waals surface area contributed by atoms with Crippen molar-refractivity contribution in [1.29, 1.82) is 0 Å². The molecule has 2 aromatic rings. The van der Waals surface area contributed by atoms with Gasteiger partial charge in [-0.05, 0) is 55.8 Å². The molecule has 8 nitrogen and oxygen atoms in total. The molecule has 1 aromatic carbocycles. The highest BCUT2D eigenvalue weighted by Gasteiger charge is 2.45.